The van der Waals surface area contributed by atoms with Gasteiger partial charge < -0.3 is 4.98 Å². The van der Waals surface area contributed by atoms with Crippen molar-refractivity contribution in [3.8, 4) is 0 Å². The third-order valence-corrected chi connectivity index (χ3v) is 3.71. The quantitative estimate of drug-likeness (QED) is 0.752. The fourth-order valence-electron chi connectivity index (χ4n) is 2.53. The average molecular weight is 268 g/mol. The van der Waals surface area contributed by atoms with E-state index in [0.717, 1.165) is 17.9 Å². The van der Waals surface area contributed by atoms with E-state index in [2.05, 4.69) is 54.2 Å². The van der Waals surface area contributed by atoms with Gasteiger partial charge in [0, 0.05) is 6.20 Å². The maximum Gasteiger partial charge on any atom is 0.103 e. The molecule has 0 aliphatic rings. The molecule has 1 aromatic heterocycles. The molecule has 0 spiro atoms. The van der Waals surface area contributed by atoms with Crippen LogP contribution in [0.5, 0.6) is 0 Å². The van der Waals surface area contributed by atoms with Crippen molar-refractivity contribution >= 4 is 6.08 Å². The summed E-state index contributed by atoms with van der Waals surface area (Å²) in [6, 6.07) is 6.56. The summed E-state index contributed by atoms with van der Waals surface area (Å²) in [6.07, 6.45) is 11.1. The number of H-pyrrole nitrogens is 1. The van der Waals surface area contributed by atoms with Gasteiger partial charge in [-0.1, -0.05) is 24.3 Å². The number of unbranched alkanes of at least 4 members (excludes halogenated alkanes) is 2. The van der Waals surface area contributed by atoms with Crippen LogP contribution in [0.25, 0.3) is 6.08 Å². The predicted octanol–water partition coefficient (Wildman–Crippen LogP) is 4.76. The van der Waals surface area contributed by atoms with Gasteiger partial charge in [0.05, 0.1) is 5.69 Å². The van der Waals surface area contributed by atoms with Crippen LogP contribution in [0.15, 0.2) is 30.5 Å². The number of aromatic amines is 1. The molecule has 2 nitrogen and oxygen atoms in total. The molecule has 1 N–H and O–H groups in total. The topological polar surface area (TPSA) is 28.7 Å². The Morgan fingerprint density at radius 1 is 1.10 bits per heavy atom. The summed E-state index contributed by atoms with van der Waals surface area (Å²) in [4.78, 5) is 7.45. The van der Waals surface area contributed by atoms with Gasteiger partial charge in [0.25, 0.3) is 0 Å². The molecule has 0 bridgehead atoms. The van der Waals surface area contributed by atoms with Crippen LogP contribution in [0.1, 0.15) is 47.5 Å². The van der Waals surface area contributed by atoms with E-state index in [1.807, 2.05) is 13.1 Å². The lowest BCUT2D eigenvalue weighted by atomic mass is 9.97. The molecule has 106 valence electrons. The lowest BCUT2D eigenvalue weighted by molar-refractivity contribution is 0.743. The zero-order valence-corrected chi connectivity index (χ0v) is 12.7. The third kappa shape index (κ3) is 4.09. The Bertz CT molecular complexity index is 559. The summed E-state index contributed by atoms with van der Waals surface area (Å²) < 4.78 is 0. The summed E-state index contributed by atoms with van der Waals surface area (Å²) in [5.74, 6) is 0.972. The number of allylic oxidation sites excluding steroid dienone is 1. The number of aryl methyl sites for hydroxylation is 3. The highest BCUT2D eigenvalue weighted by Crippen LogP contribution is 2.16. The van der Waals surface area contributed by atoms with Crippen molar-refractivity contribution < 1.29 is 0 Å². The van der Waals surface area contributed by atoms with Crippen molar-refractivity contribution in [3.63, 3.8) is 0 Å². The Labute approximate surface area is 122 Å². The zero-order valence-electron chi connectivity index (χ0n) is 12.7. The first kappa shape index (κ1) is 14.6. The Morgan fingerprint density at radius 3 is 2.50 bits per heavy atom. The van der Waals surface area contributed by atoms with Gasteiger partial charge in [-0.25, -0.2) is 4.98 Å². The monoisotopic (exact) mass is 268 g/mol. The smallest absolute Gasteiger partial charge is 0.103 e. The number of imidazole rings is 1. The molecule has 0 aliphatic carbocycles. The van der Waals surface area contributed by atoms with E-state index in [9.17, 15) is 0 Å². The molecule has 0 fully saturated rings. The first-order valence-corrected chi connectivity index (χ1v) is 7.40. The normalized spacial score (nSPS) is 11.3. The number of hydrogen-bond donors (Lipinski definition) is 1. The average Bonchev–Trinajstić information content (AvgIpc) is 2.82. The zero-order chi connectivity index (χ0) is 14.4. The fourth-order valence-corrected chi connectivity index (χ4v) is 2.53. The Kier molecular flexibility index (Phi) is 5.16. The SMILES string of the molecule is Cc1nc(C=CCCCCc2c(C)cccc2C)c[nH]1. The van der Waals surface area contributed by atoms with Crippen molar-refractivity contribution in [2.75, 3.05) is 0 Å². The maximum atomic E-state index is 4.36. The van der Waals surface area contributed by atoms with Gasteiger partial charge in [-0.3, -0.25) is 0 Å². The van der Waals surface area contributed by atoms with Crippen molar-refractivity contribution in [2.45, 2.75) is 46.5 Å². The van der Waals surface area contributed by atoms with Crippen LogP contribution in [0.2, 0.25) is 0 Å². The highest BCUT2D eigenvalue weighted by Gasteiger charge is 2.01. The number of nitrogens with zero attached hydrogens (tertiary/aromatic N) is 1. The lowest BCUT2D eigenvalue weighted by Crippen LogP contribution is -1.93. The van der Waals surface area contributed by atoms with E-state index in [4.69, 9.17) is 0 Å². The van der Waals surface area contributed by atoms with Gasteiger partial charge in [-0.05, 0) is 69.2 Å². The summed E-state index contributed by atoms with van der Waals surface area (Å²) in [5.41, 5.74) is 5.40. The molecule has 1 aromatic carbocycles. The van der Waals surface area contributed by atoms with Gasteiger partial charge in [-0.15, -0.1) is 0 Å². The van der Waals surface area contributed by atoms with Crippen LogP contribution in [-0.2, 0) is 6.42 Å². The van der Waals surface area contributed by atoms with Gasteiger partial charge in [0.1, 0.15) is 5.82 Å². The van der Waals surface area contributed by atoms with Gasteiger partial charge in [-0.2, -0.15) is 0 Å². The minimum absolute atomic E-state index is 0.972. The highest BCUT2D eigenvalue weighted by molar-refractivity contribution is 5.43. The number of nitrogens with one attached hydrogen (secondary N) is 1. The molecule has 0 unspecified atom stereocenters. The molecular formula is C18H24N2. The number of rotatable bonds is 6. The fraction of sp³-hybridized carbons (Fsp3) is 0.389. The predicted molar refractivity (Wildman–Crippen MR) is 85.8 cm³/mol. The Balaban J connectivity index is 1.73. The van der Waals surface area contributed by atoms with Crippen LogP contribution in [0.3, 0.4) is 0 Å². The molecule has 0 radical (unpaired) electrons. The van der Waals surface area contributed by atoms with Crippen LogP contribution in [0.4, 0.5) is 0 Å². The summed E-state index contributed by atoms with van der Waals surface area (Å²) in [7, 11) is 0. The molecule has 2 heteroatoms. The lowest BCUT2D eigenvalue weighted by Gasteiger charge is -2.08. The third-order valence-electron chi connectivity index (χ3n) is 3.71. The summed E-state index contributed by atoms with van der Waals surface area (Å²) in [5, 5.41) is 0. The van der Waals surface area contributed by atoms with Gasteiger partial charge in [0.2, 0.25) is 0 Å². The minimum Gasteiger partial charge on any atom is -0.348 e. The van der Waals surface area contributed by atoms with Crippen LogP contribution in [0, 0.1) is 20.8 Å². The molecule has 1 heterocycles. The molecule has 0 saturated heterocycles. The number of hydrogen-bond acceptors (Lipinski definition) is 1. The van der Waals surface area contributed by atoms with Gasteiger partial charge in [0.15, 0.2) is 0 Å². The summed E-state index contributed by atoms with van der Waals surface area (Å²) in [6.45, 7) is 6.39. The number of benzene rings is 1. The molecule has 0 saturated carbocycles. The van der Waals surface area contributed by atoms with Crippen molar-refractivity contribution in [2.24, 2.45) is 0 Å². The van der Waals surface area contributed by atoms with Crippen molar-refractivity contribution in [3.05, 3.63) is 58.7 Å². The maximum absolute atomic E-state index is 4.36. The second kappa shape index (κ2) is 7.09. The Hall–Kier alpha value is -1.83. The van der Waals surface area contributed by atoms with Crippen LogP contribution < -0.4 is 0 Å². The van der Waals surface area contributed by atoms with E-state index in [-0.39, 0.29) is 0 Å². The molecule has 0 amide bonds. The van der Waals surface area contributed by atoms with E-state index >= 15 is 0 Å². The molecule has 2 aromatic rings. The molecule has 0 aliphatic heterocycles. The van der Waals surface area contributed by atoms with Crippen molar-refractivity contribution in [1.82, 2.24) is 9.97 Å². The van der Waals surface area contributed by atoms with Crippen molar-refractivity contribution in [1.29, 1.82) is 0 Å². The summed E-state index contributed by atoms with van der Waals surface area (Å²) >= 11 is 0. The van der Waals surface area contributed by atoms with E-state index in [1.54, 1.807) is 0 Å². The first-order valence-electron chi connectivity index (χ1n) is 7.40. The minimum atomic E-state index is 0.972. The molecule has 0 atom stereocenters. The molecular weight excluding hydrogens is 244 g/mol. The largest absolute Gasteiger partial charge is 0.348 e. The Morgan fingerprint density at radius 2 is 1.85 bits per heavy atom. The second-order valence-electron chi connectivity index (χ2n) is 5.43. The van der Waals surface area contributed by atoms with Crippen LogP contribution >= 0.6 is 0 Å². The van der Waals surface area contributed by atoms with E-state index in [0.29, 0.717) is 0 Å². The molecule has 2 rings (SSSR count). The van der Waals surface area contributed by atoms with E-state index < -0.39 is 0 Å². The van der Waals surface area contributed by atoms with E-state index in [1.165, 1.54) is 36.0 Å². The van der Waals surface area contributed by atoms with Gasteiger partial charge >= 0.3 is 0 Å². The second-order valence-corrected chi connectivity index (χ2v) is 5.43. The van der Waals surface area contributed by atoms with Crippen LogP contribution in [-0.4, -0.2) is 9.97 Å². The standard InChI is InChI=1S/C18H24N2/c1-14-9-8-10-15(2)18(14)12-7-5-4-6-11-17-13-19-16(3)20-17/h6,8-11,13H,4-5,7,12H2,1-3H3,(H,19,20). The number of aromatic nitrogens is 2. The molecule has 20 heavy (non-hydrogen) atoms. The first-order chi connectivity index (χ1) is 9.66. The highest BCUT2D eigenvalue weighted by atomic mass is 14.9.